The van der Waals surface area contributed by atoms with Crippen molar-refractivity contribution < 1.29 is 14.7 Å². The predicted octanol–water partition coefficient (Wildman–Crippen LogP) is 1.85. The Kier molecular flexibility index (Phi) is 4.57. The van der Waals surface area contributed by atoms with E-state index in [1.165, 1.54) is 11.3 Å². The van der Waals surface area contributed by atoms with Gasteiger partial charge in [-0.15, -0.1) is 11.3 Å². The van der Waals surface area contributed by atoms with Crippen LogP contribution in [0, 0.1) is 0 Å². The number of carboxylic acid groups (broad SMARTS) is 1. The summed E-state index contributed by atoms with van der Waals surface area (Å²) in [6, 6.07) is 2.84. The largest absolute Gasteiger partial charge is 0.480 e. The van der Waals surface area contributed by atoms with E-state index in [0.717, 1.165) is 4.88 Å². The number of nitrogens with one attached hydrogen (secondary N) is 2. The molecule has 1 heterocycles. The number of hydrogen-bond donors (Lipinski definition) is 3. The highest BCUT2D eigenvalue weighted by atomic mass is 35.5. The minimum Gasteiger partial charge on any atom is -0.480 e. The van der Waals surface area contributed by atoms with Crippen molar-refractivity contribution in [2.45, 2.75) is 13.0 Å². The molecule has 1 rings (SSSR count). The summed E-state index contributed by atoms with van der Waals surface area (Å²) < 4.78 is 0.648. The second-order valence-corrected chi connectivity index (χ2v) is 4.83. The van der Waals surface area contributed by atoms with Crippen LogP contribution in [-0.2, 0) is 4.79 Å². The predicted molar refractivity (Wildman–Crippen MR) is 61.9 cm³/mol. The molecule has 0 spiro atoms. The minimum atomic E-state index is -1.08. The van der Waals surface area contributed by atoms with Crippen LogP contribution < -0.4 is 10.6 Å². The number of rotatable bonds is 4. The van der Waals surface area contributed by atoms with Gasteiger partial charge in [-0.3, -0.25) is 4.79 Å². The van der Waals surface area contributed by atoms with E-state index in [1.54, 1.807) is 13.0 Å². The van der Waals surface area contributed by atoms with E-state index in [1.807, 2.05) is 6.07 Å². The third-order valence-corrected chi connectivity index (χ3v) is 3.18. The van der Waals surface area contributed by atoms with E-state index in [0.29, 0.717) is 4.34 Å². The van der Waals surface area contributed by atoms with Gasteiger partial charge in [-0.1, -0.05) is 11.6 Å². The van der Waals surface area contributed by atoms with Crippen molar-refractivity contribution >= 4 is 34.9 Å². The molecular weight excluding hydrogens is 252 g/mol. The Balaban J connectivity index is 2.42. The molecule has 1 aromatic rings. The number of amides is 2. The van der Waals surface area contributed by atoms with Crippen LogP contribution in [0.2, 0.25) is 4.34 Å². The highest BCUT2D eigenvalue weighted by Crippen LogP contribution is 2.26. The number of thiophene rings is 1. The molecule has 0 bridgehead atoms. The lowest BCUT2D eigenvalue weighted by molar-refractivity contribution is -0.135. The molecule has 1 unspecified atom stereocenters. The van der Waals surface area contributed by atoms with Crippen LogP contribution in [0.4, 0.5) is 4.79 Å². The molecular formula is C9H11ClN2O3S. The molecule has 0 saturated heterocycles. The number of aliphatic carboxylic acids is 1. The van der Waals surface area contributed by atoms with Gasteiger partial charge >= 0.3 is 12.0 Å². The fraction of sp³-hybridized carbons (Fsp3) is 0.333. The summed E-state index contributed by atoms with van der Waals surface area (Å²) in [4.78, 5) is 22.3. The third kappa shape index (κ3) is 4.08. The lowest BCUT2D eigenvalue weighted by Gasteiger charge is -2.12. The van der Waals surface area contributed by atoms with Crippen LogP contribution in [0.15, 0.2) is 12.1 Å². The number of urea groups is 1. The van der Waals surface area contributed by atoms with Crippen molar-refractivity contribution in [2.75, 3.05) is 6.54 Å². The topological polar surface area (TPSA) is 78.4 Å². The standard InChI is InChI=1S/C9H11ClN2O3S/c1-5(6-2-3-7(10)16-6)12-9(15)11-4-8(13)14/h2-3,5H,4H2,1H3,(H,13,14)(H2,11,12,15). The van der Waals surface area contributed by atoms with Gasteiger partial charge in [0.05, 0.1) is 10.4 Å². The van der Waals surface area contributed by atoms with E-state index < -0.39 is 18.5 Å². The van der Waals surface area contributed by atoms with Crippen molar-refractivity contribution in [1.29, 1.82) is 0 Å². The summed E-state index contributed by atoms with van der Waals surface area (Å²) in [5, 5.41) is 13.2. The SMILES string of the molecule is CC(NC(=O)NCC(=O)O)c1ccc(Cl)s1. The highest BCUT2D eigenvalue weighted by Gasteiger charge is 2.11. The first kappa shape index (κ1) is 12.8. The zero-order valence-corrected chi connectivity index (χ0v) is 10.1. The molecule has 0 fully saturated rings. The van der Waals surface area contributed by atoms with Gasteiger partial charge in [-0.25, -0.2) is 4.79 Å². The number of carboxylic acids is 1. The van der Waals surface area contributed by atoms with Gasteiger partial charge in [0.25, 0.3) is 0 Å². The third-order valence-electron chi connectivity index (χ3n) is 1.77. The molecule has 0 aliphatic rings. The molecule has 3 N–H and O–H groups in total. The molecule has 0 aliphatic heterocycles. The fourth-order valence-electron chi connectivity index (χ4n) is 1.04. The lowest BCUT2D eigenvalue weighted by atomic mass is 10.3. The molecule has 1 aromatic heterocycles. The van der Waals surface area contributed by atoms with Crippen LogP contribution in [0.1, 0.15) is 17.8 Å². The molecule has 7 heteroatoms. The van der Waals surface area contributed by atoms with Crippen LogP contribution >= 0.6 is 22.9 Å². The summed E-state index contributed by atoms with van der Waals surface area (Å²) in [5.41, 5.74) is 0. The van der Waals surface area contributed by atoms with E-state index in [9.17, 15) is 9.59 Å². The zero-order chi connectivity index (χ0) is 12.1. The first-order valence-corrected chi connectivity index (χ1v) is 5.70. The lowest BCUT2D eigenvalue weighted by Crippen LogP contribution is -2.39. The van der Waals surface area contributed by atoms with Crippen molar-refractivity contribution in [3.05, 3.63) is 21.3 Å². The van der Waals surface area contributed by atoms with Crippen molar-refractivity contribution in [3.8, 4) is 0 Å². The number of hydrogen-bond acceptors (Lipinski definition) is 3. The first-order valence-electron chi connectivity index (χ1n) is 4.50. The summed E-state index contributed by atoms with van der Waals surface area (Å²) in [7, 11) is 0. The Labute approximate surface area is 101 Å². The number of halogens is 1. The molecule has 2 amide bonds. The minimum absolute atomic E-state index is 0.203. The molecule has 1 atom stereocenters. The first-order chi connectivity index (χ1) is 7.49. The van der Waals surface area contributed by atoms with Crippen molar-refractivity contribution in [3.63, 3.8) is 0 Å². The molecule has 0 saturated carbocycles. The van der Waals surface area contributed by atoms with E-state index in [2.05, 4.69) is 10.6 Å². The van der Waals surface area contributed by atoms with Crippen LogP contribution in [-0.4, -0.2) is 23.7 Å². The molecule has 88 valence electrons. The van der Waals surface area contributed by atoms with Gasteiger partial charge in [-0.2, -0.15) is 0 Å². The maximum Gasteiger partial charge on any atom is 0.323 e. The Bertz CT molecular complexity index is 394. The number of carbonyl (C=O) groups is 2. The Morgan fingerprint density at radius 2 is 2.25 bits per heavy atom. The smallest absolute Gasteiger partial charge is 0.323 e. The molecule has 16 heavy (non-hydrogen) atoms. The van der Waals surface area contributed by atoms with E-state index in [-0.39, 0.29) is 6.04 Å². The van der Waals surface area contributed by atoms with Gasteiger partial charge in [0, 0.05) is 4.88 Å². The molecule has 0 aromatic carbocycles. The monoisotopic (exact) mass is 262 g/mol. The Morgan fingerprint density at radius 1 is 1.56 bits per heavy atom. The van der Waals surface area contributed by atoms with E-state index >= 15 is 0 Å². The molecule has 5 nitrogen and oxygen atoms in total. The average Bonchev–Trinajstić information content (AvgIpc) is 2.62. The molecule has 0 aliphatic carbocycles. The molecule has 0 radical (unpaired) electrons. The Hall–Kier alpha value is -1.27. The van der Waals surface area contributed by atoms with Gasteiger partial charge in [0.1, 0.15) is 6.54 Å². The Morgan fingerprint density at radius 3 is 2.75 bits per heavy atom. The maximum absolute atomic E-state index is 11.2. The van der Waals surface area contributed by atoms with Crippen molar-refractivity contribution in [2.24, 2.45) is 0 Å². The normalized spacial score (nSPS) is 11.9. The van der Waals surface area contributed by atoms with Crippen molar-refractivity contribution in [1.82, 2.24) is 10.6 Å². The highest BCUT2D eigenvalue weighted by molar-refractivity contribution is 7.16. The zero-order valence-electron chi connectivity index (χ0n) is 8.49. The van der Waals surface area contributed by atoms with Gasteiger partial charge < -0.3 is 15.7 Å². The fourth-order valence-corrected chi connectivity index (χ4v) is 2.10. The van der Waals surface area contributed by atoms with Gasteiger partial charge in [-0.05, 0) is 19.1 Å². The van der Waals surface area contributed by atoms with Crippen LogP contribution in [0.25, 0.3) is 0 Å². The summed E-state index contributed by atoms with van der Waals surface area (Å²) in [5.74, 6) is -1.08. The van der Waals surface area contributed by atoms with Gasteiger partial charge in [0.2, 0.25) is 0 Å². The van der Waals surface area contributed by atoms with Gasteiger partial charge in [0.15, 0.2) is 0 Å². The van der Waals surface area contributed by atoms with Crippen LogP contribution in [0.3, 0.4) is 0 Å². The second kappa shape index (κ2) is 5.72. The summed E-state index contributed by atoms with van der Waals surface area (Å²) in [6.45, 7) is 1.40. The second-order valence-electron chi connectivity index (χ2n) is 3.08. The van der Waals surface area contributed by atoms with Crippen LogP contribution in [0.5, 0.6) is 0 Å². The summed E-state index contributed by atoms with van der Waals surface area (Å²) in [6.07, 6.45) is 0. The number of carbonyl (C=O) groups excluding carboxylic acids is 1. The van der Waals surface area contributed by atoms with E-state index in [4.69, 9.17) is 16.7 Å². The summed E-state index contributed by atoms with van der Waals surface area (Å²) >= 11 is 7.13. The quantitative estimate of drug-likeness (QED) is 0.775. The average molecular weight is 263 g/mol. The maximum atomic E-state index is 11.2.